The number of hydrogen-bond donors (Lipinski definition) is 2. The van der Waals surface area contributed by atoms with E-state index in [9.17, 15) is 4.79 Å². The van der Waals surface area contributed by atoms with Gasteiger partial charge in [0.1, 0.15) is 5.54 Å². The van der Waals surface area contributed by atoms with Crippen LogP contribution in [-0.4, -0.2) is 28.1 Å². The lowest BCUT2D eigenvalue weighted by Crippen LogP contribution is -2.45. The van der Waals surface area contributed by atoms with Gasteiger partial charge in [-0.1, -0.05) is 13.3 Å². The van der Waals surface area contributed by atoms with Crippen molar-refractivity contribution in [3.8, 4) is 0 Å². The van der Waals surface area contributed by atoms with Crippen LogP contribution in [0.4, 0.5) is 0 Å². The van der Waals surface area contributed by atoms with Crippen molar-refractivity contribution in [2.24, 2.45) is 5.73 Å². The highest BCUT2D eigenvalue weighted by Gasteiger charge is 2.26. The van der Waals surface area contributed by atoms with Crippen molar-refractivity contribution in [3.05, 3.63) is 0 Å². The van der Waals surface area contributed by atoms with Crippen molar-refractivity contribution in [1.82, 2.24) is 0 Å². The Morgan fingerprint density at radius 2 is 2.15 bits per heavy atom. The third-order valence-corrected chi connectivity index (χ3v) is 2.97. The molecule has 0 unspecified atom stereocenters. The molecule has 0 spiro atoms. The fourth-order valence-electron chi connectivity index (χ4n) is 0.740. The van der Waals surface area contributed by atoms with Crippen molar-refractivity contribution in [3.63, 3.8) is 0 Å². The van der Waals surface area contributed by atoms with E-state index in [1.807, 2.05) is 0 Å². The van der Waals surface area contributed by atoms with Gasteiger partial charge in [-0.05, 0) is 31.3 Å². The number of carbonyl (C=O) groups is 1. The van der Waals surface area contributed by atoms with Crippen molar-refractivity contribution >= 4 is 17.7 Å². The van der Waals surface area contributed by atoms with Crippen molar-refractivity contribution in [1.29, 1.82) is 0 Å². The molecule has 13 heavy (non-hydrogen) atoms. The van der Waals surface area contributed by atoms with E-state index in [0.717, 1.165) is 11.5 Å². The van der Waals surface area contributed by atoms with Gasteiger partial charge in [0, 0.05) is 0 Å². The van der Waals surface area contributed by atoms with Gasteiger partial charge in [-0.2, -0.15) is 11.8 Å². The second kappa shape index (κ2) is 6.27. The molecule has 0 rings (SSSR count). The lowest BCUT2D eigenvalue weighted by Gasteiger charge is -2.18. The molecule has 0 aromatic carbocycles. The van der Waals surface area contributed by atoms with Crippen molar-refractivity contribution < 1.29 is 9.90 Å². The zero-order valence-electron chi connectivity index (χ0n) is 8.38. The van der Waals surface area contributed by atoms with Crippen LogP contribution in [0.2, 0.25) is 0 Å². The molecule has 78 valence electrons. The Labute approximate surface area is 84.1 Å². The summed E-state index contributed by atoms with van der Waals surface area (Å²) < 4.78 is 0. The Morgan fingerprint density at radius 3 is 2.62 bits per heavy atom. The summed E-state index contributed by atoms with van der Waals surface area (Å²) in [5.74, 6) is 1.02. The molecule has 0 saturated carbocycles. The molecule has 3 N–H and O–H groups in total. The second-order valence-electron chi connectivity index (χ2n) is 3.44. The summed E-state index contributed by atoms with van der Waals surface area (Å²) >= 11 is 1.78. The summed E-state index contributed by atoms with van der Waals surface area (Å²) in [7, 11) is 0. The number of nitrogens with two attached hydrogens (primary N) is 1. The Morgan fingerprint density at radius 1 is 1.54 bits per heavy atom. The summed E-state index contributed by atoms with van der Waals surface area (Å²) in [5, 5.41) is 8.71. The quantitative estimate of drug-likeness (QED) is 0.621. The fraction of sp³-hybridized carbons (Fsp3) is 0.889. The van der Waals surface area contributed by atoms with E-state index in [-0.39, 0.29) is 0 Å². The van der Waals surface area contributed by atoms with Gasteiger partial charge < -0.3 is 10.8 Å². The number of unbranched alkanes of at least 4 members (excludes halogenated alkanes) is 1. The highest BCUT2D eigenvalue weighted by Crippen LogP contribution is 2.13. The summed E-state index contributed by atoms with van der Waals surface area (Å²) in [6, 6.07) is 0. The molecule has 0 radical (unpaired) electrons. The van der Waals surface area contributed by atoms with E-state index in [0.29, 0.717) is 6.42 Å². The molecule has 0 aliphatic rings. The molecule has 3 nitrogen and oxygen atoms in total. The van der Waals surface area contributed by atoms with Gasteiger partial charge in [0.2, 0.25) is 0 Å². The smallest absolute Gasteiger partial charge is 0.323 e. The van der Waals surface area contributed by atoms with Crippen LogP contribution in [-0.2, 0) is 4.79 Å². The number of thioether (sulfide) groups is 1. The van der Waals surface area contributed by atoms with E-state index in [1.165, 1.54) is 12.8 Å². The van der Waals surface area contributed by atoms with Gasteiger partial charge in [-0.3, -0.25) is 4.79 Å². The molecule has 1 atom stereocenters. The summed E-state index contributed by atoms with van der Waals surface area (Å²) in [6.07, 6.45) is 2.92. The maximum absolute atomic E-state index is 10.6. The molecule has 0 aromatic heterocycles. The van der Waals surface area contributed by atoms with E-state index >= 15 is 0 Å². The van der Waals surface area contributed by atoms with Crippen LogP contribution in [0.1, 0.15) is 33.1 Å². The Kier molecular flexibility index (Phi) is 6.16. The standard InChI is InChI=1S/C9H19NO2S/c1-3-4-6-13-7-5-9(2,10)8(11)12/h3-7,10H2,1-2H3,(H,11,12)/t9-/m0/s1. The number of hydrogen-bond acceptors (Lipinski definition) is 3. The lowest BCUT2D eigenvalue weighted by atomic mass is 10.0. The number of carboxylic acids is 1. The first-order chi connectivity index (χ1) is 6.00. The van der Waals surface area contributed by atoms with Crippen LogP contribution in [0, 0.1) is 0 Å². The highest BCUT2D eigenvalue weighted by atomic mass is 32.2. The van der Waals surface area contributed by atoms with Crippen LogP contribution in [0.15, 0.2) is 0 Å². The second-order valence-corrected chi connectivity index (χ2v) is 4.66. The van der Waals surface area contributed by atoms with Crippen molar-refractivity contribution in [2.75, 3.05) is 11.5 Å². The molecule has 0 aromatic rings. The molecule has 0 bridgehead atoms. The van der Waals surface area contributed by atoms with Crippen molar-refractivity contribution in [2.45, 2.75) is 38.6 Å². The van der Waals surface area contributed by atoms with Gasteiger partial charge >= 0.3 is 5.97 Å². The first kappa shape index (κ1) is 12.8. The first-order valence-corrected chi connectivity index (χ1v) is 5.76. The summed E-state index contributed by atoms with van der Waals surface area (Å²) in [6.45, 7) is 3.71. The Balaban J connectivity index is 3.46. The molecule has 0 aliphatic heterocycles. The third kappa shape index (κ3) is 5.93. The van der Waals surface area contributed by atoms with Crippen LogP contribution >= 0.6 is 11.8 Å². The fourth-order valence-corrected chi connectivity index (χ4v) is 2.00. The van der Waals surface area contributed by atoms with Gasteiger partial charge in [0.25, 0.3) is 0 Å². The van der Waals surface area contributed by atoms with Crippen LogP contribution in [0.5, 0.6) is 0 Å². The van der Waals surface area contributed by atoms with Crippen LogP contribution < -0.4 is 5.73 Å². The molecular weight excluding hydrogens is 186 g/mol. The molecule has 4 heteroatoms. The number of rotatable bonds is 7. The molecular formula is C9H19NO2S. The van der Waals surface area contributed by atoms with E-state index < -0.39 is 11.5 Å². The number of aliphatic carboxylic acids is 1. The minimum Gasteiger partial charge on any atom is -0.480 e. The monoisotopic (exact) mass is 205 g/mol. The maximum Gasteiger partial charge on any atom is 0.323 e. The predicted molar refractivity (Wildman–Crippen MR) is 57.1 cm³/mol. The average Bonchev–Trinajstić information content (AvgIpc) is 2.03. The summed E-state index contributed by atoms with van der Waals surface area (Å²) in [4.78, 5) is 10.6. The normalized spacial score (nSPS) is 15.3. The minimum absolute atomic E-state index is 0.538. The third-order valence-electron chi connectivity index (χ3n) is 1.90. The topological polar surface area (TPSA) is 63.3 Å². The van der Waals surface area contributed by atoms with E-state index in [4.69, 9.17) is 10.8 Å². The largest absolute Gasteiger partial charge is 0.480 e. The average molecular weight is 205 g/mol. The molecule has 0 aliphatic carbocycles. The zero-order valence-corrected chi connectivity index (χ0v) is 9.19. The minimum atomic E-state index is -1.06. The molecule has 0 fully saturated rings. The lowest BCUT2D eigenvalue weighted by molar-refractivity contribution is -0.142. The van der Waals surface area contributed by atoms with Gasteiger partial charge in [0.15, 0.2) is 0 Å². The maximum atomic E-state index is 10.6. The SMILES string of the molecule is CCCCSCC[C@](C)(N)C(=O)O. The Hall–Kier alpha value is -0.220. The number of carboxylic acid groups (broad SMARTS) is 1. The first-order valence-electron chi connectivity index (χ1n) is 4.60. The van der Waals surface area contributed by atoms with Crippen LogP contribution in [0.25, 0.3) is 0 Å². The highest BCUT2D eigenvalue weighted by molar-refractivity contribution is 7.99. The zero-order chi connectivity index (χ0) is 10.3. The Bertz CT molecular complexity index is 160. The van der Waals surface area contributed by atoms with Gasteiger partial charge in [-0.25, -0.2) is 0 Å². The van der Waals surface area contributed by atoms with E-state index in [1.54, 1.807) is 18.7 Å². The molecule has 0 saturated heterocycles. The predicted octanol–water partition coefficient (Wildman–Crippen LogP) is 1.71. The van der Waals surface area contributed by atoms with Gasteiger partial charge in [-0.15, -0.1) is 0 Å². The molecule has 0 amide bonds. The van der Waals surface area contributed by atoms with Crippen LogP contribution in [0.3, 0.4) is 0 Å². The van der Waals surface area contributed by atoms with E-state index in [2.05, 4.69) is 6.92 Å². The summed E-state index contributed by atoms with van der Waals surface area (Å²) in [5.41, 5.74) is 4.51. The molecule has 0 heterocycles. The van der Waals surface area contributed by atoms with Gasteiger partial charge in [0.05, 0.1) is 0 Å².